The summed E-state index contributed by atoms with van der Waals surface area (Å²) in [5, 5.41) is 4.24. The molecule has 0 aliphatic heterocycles. The van der Waals surface area contributed by atoms with Gasteiger partial charge in [0.1, 0.15) is 5.69 Å². The lowest BCUT2D eigenvalue weighted by atomic mass is 10.0. The van der Waals surface area contributed by atoms with Gasteiger partial charge >= 0.3 is 6.18 Å². The van der Waals surface area contributed by atoms with E-state index >= 15 is 0 Å². The Balaban J connectivity index is 0.00000274. The van der Waals surface area contributed by atoms with E-state index in [1.807, 2.05) is 6.07 Å². The van der Waals surface area contributed by atoms with Gasteiger partial charge in [-0.2, -0.15) is 22.7 Å². The summed E-state index contributed by atoms with van der Waals surface area (Å²) < 4.78 is 55.7. The minimum Gasteiger partial charge on any atom is -0.366 e. The molecule has 0 bridgehead atoms. The number of aromatic nitrogens is 3. The van der Waals surface area contributed by atoms with Crippen LogP contribution in [0.2, 0.25) is 0 Å². The third-order valence-corrected chi connectivity index (χ3v) is 5.69. The SMILES string of the molecule is Cl.NC(=O)c1cccc(Cc2ccc3nc(F)c(-n4nc(C(F)(F)F)cc4C4CC4)cc3c2)c1. The van der Waals surface area contributed by atoms with Crippen molar-refractivity contribution in [2.45, 2.75) is 31.4 Å². The number of primary amides is 1. The predicted molar refractivity (Wildman–Crippen MR) is 121 cm³/mol. The van der Waals surface area contributed by atoms with Gasteiger partial charge in [0.25, 0.3) is 0 Å². The summed E-state index contributed by atoms with van der Waals surface area (Å²) in [7, 11) is 0. The van der Waals surface area contributed by atoms with Gasteiger partial charge in [0.2, 0.25) is 11.9 Å². The molecule has 0 saturated heterocycles. The van der Waals surface area contributed by atoms with Crippen LogP contribution >= 0.6 is 12.4 Å². The van der Waals surface area contributed by atoms with Gasteiger partial charge in [-0.1, -0.05) is 18.2 Å². The van der Waals surface area contributed by atoms with Crippen molar-refractivity contribution in [1.29, 1.82) is 0 Å². The maximum Gasteiger partial charge on any atom is 0.435 e. The molecule has 2 heterocycles. The molecule has 1 aliphatic carbocycles. The normalized spacial score (nSPS) is 13.6. The molecule has 1 fully saturated rings. The zero-order valence-corrected chi connectivity index (χ0v) is 18.5. The molecule has 2 aromatic heterocycles. The number of hydrogen-bond donors (Lipinski definition) is 1. The first-order chi connectivity index (χ1) is 15.7. The summed E-state index contributed by atoms with van der Waals surface area (Å²) in [6, 6.07) is 14.6. The summed E-state index contributed by atoms with van der Waals surface area (Å²) in [6.45, 7) is 0. The first-order valence-electron chi connectivity index (χ1n) is 10.3. The van der Waals surface area contributed by atoms with Crippen LogP contribution in [0.1, 0.15) is 51.6 Å². The van der Waals surface area contributed by atoms with E-state index in [1.165, 1.54) is 6.07 Å². The molecule has 34 heavy (non-hydrogen) atoms. The quantitative estimate of drug-likeness (QED) is 0.294. The fraction of sp³-hybridized carbons (Fsp3) is 0.208. The molecule has 1 aliphatic rings. The Morgan fingerprint density at radius 3 is 2.47 bits per heavy atom. The Hall–Kier alpha value is -3.46. The smallest absolute Gasteiger partial charge is 0.366 e. The second-order valence-corrected chi connectivity index (χ2v) is 8.21. The topological polar surface area (TPSA) is 73.8 Å². The molecule has 1 amide bonds. The third kappa shape index (κ3) is 4.61. The second-order valence-electron chi connectivity index (χ2n) is 8.21. The van der Waals surface area contributed by atoms with Crippen molar-refractivity contribution in [3.05, 3.63) is 88.6 Å². The van der Waals surface area contributed by atoms with Gasteiger partial charge in [-0.3, -0.25) is 4.79 Å². The summed E-state index contributed by atoms with van der Waals surface area (Å²) in [4.78, 5) is 15.4. The molecule has 5 rings (SSSR count). The van der Waals surface area contributed by atoms with E-state index in [1.54, 1.807) is 36.4 Å². The lowest BCUT2D eigenvalue weighted by molar-refractivity contribution is -0.141. The molecule has 2 aromatic carbocycles. The zero-order chi connectivity index (χ0) is 23.3. The molecule has 0 atom stereocenters. The highest BCUT2D eigenvalue weighted by molar-refractivity contribution is 5.93. The Labute approximate surface area is 198 Å². The minimum absolute atomic E-state index is 0. The molecule has 1 saturated carbocycles. The van der Waals surface area contributed by atoms with Crippen molar-refractivity contribution in [1.82, 2.24) is 14.8 Å². The summed E-state index contributed by atoms with van der Waals surface area (Å²) in [6.07, 6.45) is -2.67. The van der Waals surface area contributed by atoms with Gasteiger partial charge in [0.15, 0.2) is 5.69 Å². The van der Waals surface area contributed by atoms with Gasteiger partial charge in [0, 0.05) is 22.6 Å². The number of carbonyl (C=O) groups is 1. The number of nitrogens with two attached hydrogens (primary N) is 1. The number of alkyl halides is 3. The van der Waals surface area contributed by atoms with Crippen LogP contribution in [0.15, 0.2) is 54.6 Å². The predicted octanol–water partition coefficient (Wildman–Crippen LogP) is 5.57. The lowest BCUT2D eigenvalue weighted by Crippen LogP contribution is -2.11. The first-order valence-corrected chi connectivity index (χ1v) is 10.3. The van der Waals surface area contributed by atoms with Gasteiger partial charge in [-0.25, -0.2) is 9.67 Å². The van der Waals surface area contributed by atoms with Crippen LogP contribution in [-0.4, -0.2) is 20.7 Å². The number of rotatable bonds is 5. The third-order valence-electron chi connectivity index (χ3n) is 5.69. The summed E-state index contributed by atoms with van der Waals surface area (Å²) in [5.41, 5.74) is 7.00. The standard InChI is InChI=1S/C24H18F4N4O.ClH/c25-22-20(32-19(15-5-6-15)12-21(31-32)24(26,27)28)11-17-10-14(4-7-18(17)30-22)8-13-2-1-3-16(9-13)23(29)33;/h1-4,7,9-12,15H,5-6,8H2,(H2,29,33);1H. The number of benzene rings is 2. The van der Waals surface area contributed by atoms with Crippen molar-refractivity contribution < 1.29 is 22.4 Å². The van der Waals surface area contributed by atoms with E-state index in [9.17, 15) is 22.4 Å². The highest BCUT2D eigenvalue weighted by Crippen LogP contribution is 2.43. The van der Waals surface area contributed by atoms with Crippen LogP contribution in [0.5, 0.6) is 0 Å². The number of amides is 1. The number of fused-ring (bicyclic) bond motifs is 1. The maximum atomic E-state index is 14.8. The number of halogens is 5. The van der Waals surface area contributed by atoms with E-state index in [0.717, 1.165) is 34.7 Å². The van der Waals surface area contributed by atoms with E-state index < -0.39 is 23.7 Å². The van der Waals surface area contributed by atoms with Crippen LogP contribution in [-0.2, 0) is 12.6 Å². The Kier molecular flexibility index (Phi) is 6.07. The highest BCUT2D eigenvalue weighted by Gasteiger charge is 2.38. The molecular weight excluding hydrogens is 472 g/mol. The van der Waals surface area contributed by atoms with Crippen molar-refractivity contribution in [3.8, 4) is 5.69 Å². The van der Waals surface area contributed by atoms with Crippen LogP contribution in [0.25, 0.3) is 16.6 Å². The van der Waals surface area contributed by atoms with Crippen LogP contribution < -0.4 is 5.73 Å². The zero-order valence-electron chi connectivity index (χ0n) is 17.6. The van der Waals surface area contributed by atoms with Gasteiger partial charge in [-0.05, 0) is 66.8 Å². The fourth-order valence-corrected chi connectivity index (χ4v) is 3.92. The second kappa shape index (κ2) is 8.72. The van der Waals surface area contributed by atoms with Crippen molar-refractivity contribution >= 4 is 29.2 Å². The fourth-order valence-electron chi connectivity index (χ4n) is 3.92. The molecule has 176 valence electrons. The molecule has 5 nitrogen and oxygen atoms in total. The largest absolute Gasteiger partial charge is 0.435 e. The van der Waals surface area contributed by atoms with Gasteiger partial charge in [-0.15, -0.1) is 12.4 Å². The monoisotopic (exact) mass is 490 g/mol. The first kappa shape index (κ1) is 23.7. The Morgan fingerprint density at radius 2 is 1.79 bits per heavy atom. The van der Waals surface area contributed by atoms with E-state index in [0.29, 0.717) is 28.6 Å². The Morgan fingerprint density at radius 1 is 1.06 bits per heavy atom. The lowest BCUT2D eigenvalue weighted by Gasteiger charge is -2.10. The van der Waals surface area contributed by atoms with Gasteiger partial charge in [0.05, 0.1) is 5.52 Å². The van der Waals surface area contributed by atoms with Crippen LogP contribution in [0, 0.1) is 5.95 Å². The number of hydrogen-bond acceptors (Lipinski definition) is 3. The van der Waals surface area contributed by atoms with Crippen LogP contribution in [0.4, 0.5) is 17.6 Å². The van der Waals surface area contributed by atoms with Crippen LogP contribution in [0.3, 0.4) is 0 Å². The van der Waals surface area contributed by atoms with Gasteiger partial charge < -0.3 is 5.73 Å². The van der Waals surface area contributed by atoms with E-state index in [4.69, 9.17) is 5.73 Å². The highest BCUT2D eigenvalue weighted by atomic mass is 35.5. The molecule has 4 aromatic rings. The average molecular weight is 491 g/mol. The molecule has 0 unspecified atom stereocenters. The molecule has 2 N–H and O–H groups in total. The summed E-state index contributed by atoms with van der Waals surface area (Å²) in [5.74, 6) is -1.49. The van der Waals surface area contributed by atoms with E-state index in [-0.39, 0.29) is 24.0 Å². The van der Waals surface area contributed by atoms with Crippen molar-refractivity contribution in [2.75, 3.05) is 0 Å². The maximum absolute atomic E-state index is 14.8. The van der Waals surface area contributed by atoms with Crippen molar-refractivity contribution in [2.24, 2.45) is 5.73 Å². The van der Waals surface area contributed by atoms with Crippen molar-refractivity contribution in [3.63, 3.8) is 0 Å². The van der Waals surface area contributed by atoms with E-state index in [2.05, 4.69) is 10.1 Å². The average Bonchev–Trinajstić information content (AvgIpc) is 3.50. The number of carbonyl (C=O) groups excluding carboxylic acids is 1. The molecule has 0 spiro atoms. The molecule has 10 heteroatoms. The minimum atomic E-state index is -4.62. The molecular formula is C24H19ClF4N4O. The molecule has 0 radical (unpaired) electrons. The number of pyridine rings is 1. The number of nitrogens with zero attached hydrogens (tertiary/aromatic N) is 3. The Bertz CT molecular complexity index is 1400. The summed E-state index contributed by atoms with van der Waals surface area (Å²) >= 11 is 0.